The summed E-state index contributed by atoms with van der Waals surface area (Å²) in [6.45, 7) is 5.96. The van der Waals surface area contributed by atoms with E-state index in [1.54, 1.807) is 6.07 Å². The van der Waals surface area contributed by atoms with E-state index < -0.39 is 26.9 Å². The Hall–Kier alpha value is -0.630. The molecule has 5 nitrogen and oxygen atoms in total. The van der Waals surface area contributed by atoms with Gasteiger partial charge in [-0.15, -0.1) is 0 Å². The van der Waals surface area contributed by atoms with Crippen molar-refractivity contribution in [2.45, 2.75) is 38.1 Å². The molecular formula is C13H17BrClNO4S. The highest BCUT2D eigenvalue weighted by Gasteiger charge is 2.46. The maximum atomic E-state index is 12.4. The molecule has 0 bridgehead atoms. The number of rotatable bonds is 5. The Morgan fingerprint density at radius 2 is 1.81 bits per heavy atom. The van der Waals surface area contributed by atoms with Gasteiger partial charge in [-0.25, -0.2) is 13.1 Å². The molecule has 0 aliphatic rings. The van der Waals surface area contributed by atoms with Crippen LogP contribution in [-0.4, -0.2) is 25.0 Å². The third-order valence-electron chi connectivity index (χ3n) is 3.67. The van der Waals surface area contributed by atoms with Crippen molar-refractivity contribution in [3.05, 3.63) is 27.7 Å². The highest BCUT2D eigenvalue weighted by molar-refractivity contribution is 9.10. The van der Waals surface area contributed by atoms with Crippen molar-refractivity contribution >= 4 is 43.5 Å². The first-order chi connectivity index (χ1) is 9.31. The molecule has 1 aromatic carbocycles. The van der Waals surface area contributed by atoms with Gasteiger partial charge >= 0.3 is 5.97 Å². The fraction of sp³-hybridized carbons (Fsp3) is 0.462. The molecule has 0 atom stereocenters. The molecule has 1 rings (SSSR count). The van der Waals surface area contributed by atoms with Crippen molar-refractivity contribution in [1.82, 2.24) is 4.72 Å². The molecule has 8 heteroatoms. The molecule has 2 N–H and O–H groups in total. The lowest BCUT2D eigenvalue weighted by atomic mass is 9.75. The zero-order chi connectivity index (χ0) is 16.6. The average molecular weight is 399 g/mol. The van der Waals surface area contributed by atoms with Crippen molar-refractivity contribution in [1.29, 1.82) is 0 Å². The van der Waals surface area contributed by atoms with Crippen molar-refractivity contribution in [2.24, 2.45) is 5.41 Å². The molecule has 0 saturated carbocycles. The number of sulfonamides is 1. The van der Waals surface area contributed by atoms with Gasteiger partial charge in [0.05, 0.1) is 10.4 Å². The summed E-state index contributed by atoms with van der Waals surface area (Å²) in [5.74, 6) is -1.10. The Morgan fingerprint density at radius 1 is 1.29 bits per heavy atom. The lowest BCUT2D eigenvalue weighted by Crippen LogP contribution is -2.56. The van der Waals surface area contributed by atoms with Crippen LogP contribution in [0.5, 0.6) is 0 Å². The largest absolute Gasteiger partial charge is 0.481 e. The zero-order valence-electron chi connectivity index (χ0n) is 12.1. The molecule has 118 valence electrons. The molecule has 0 spiro atoms. The first kappa shape index (κ1) is 18.4. The fourth-order valence-electron chi connectivity index (χ4n) is 1.48. The van der Waals surface area contributed by atoms with Crippen LogP contribution in [0.4, 0.5) is 0 Å². The Balaban J connectivity index is 3.25. The highest BCUT2D eigenvalue weighted by Crippen LogP contribution is 2.33. The second-order valence-corrected chi connectivity index (χ2v) is 8.71. The number of aliphatic carboxylic acids is 1. The molecule has 0 saturated heterocycles. The second-order valence-electron chi connectivity index (χ2n) is 5.74. The number of hydrogen-bond donors (Lipinski definition) is 2. The molecule has 0 unspecified atom stereocenters. The molecule has 1 aromatic rings. The maximum Gasteiger partial charge on any atom is 0.310 e. The van der Waals surface area contributed by atoms with Crippen LogP contribution in [0.3, 0.4) is 0 Å². The molecule has 21 heavy (non-hydrogen) atoms. The number of nitrogens with one attached hydrogen (secondary N) is 1. The van der Waals surface area contributed by atoms with Gasteiger partial charge in [0, 0.05) is 10.0 Å². The van der Waals surface area contributed by atoms with Crippen LogP contribution in [-0.2, 0) is 14.8 Å². The number of carbonyl (C=O) groups is 1. The summed E-state index contributed by atoms with van der Waals surface area (Å²) in [6, 6.07) is 4.37. The standard InChI is InChI=1S/C13H17BrClNO4S/c1-12(2,11(17)18)13(3,4)16-21(19,20)10-6-5-8(14)7-9(10)15/h5-7,16H,1-4H3,(H,17,18). The molecular weight excluding hydrogens is 382 g/mol. The van der Waals surface area contributed by atoms with Crippen LogP contribution in [0.1, 0.15) is 27.7 Å². The van der Waals surface area contributed by atoms with E-state index >= 15 is 0 Å². The second kappa shape index (κ2) is 5.87. The first-order valence-corrected chi connectivity index (χ1v) is 8.69. The Kier molecular flexibility index (Phi) is 5.15. The summed E-state index contributed by atoms with van der Waals surface area (Å²) in [7, 11) is -3.95. The van der Waals surface area contributed by atoms with Crippen LogP contribution < -0.4 is 4.72 Å². The van der Waals surface area contributed by atoms with E-state index in [9.17, 15) is 18.3 Å². The number of halogens is 2. The Bertz CT molecular complexity index is 671. The summed E-state index contributed by atoms with van der Waals surface area (Å²) in [5.41, 5.74) is -2.52. The Labute approximate surface area is 137 Å². The van der Waals surface area contributed by atoms with Crippen molar-refractivity contribution in [3.8, 4) is 0 Å². The van der Waals surface area contributed by atoms with E-state index in [0.717, 1.165) is 0 Å². The van der Waals surface area contributed by atoms with E-state index in [0.29, 0.717) is 4.47 Å². The summed E-state index contributed by atoms with van der Waals surface area (Å²) in [6.07, 6.45) is 0. The van der Waals surface area contributed by atoms with Gasteiger partial charge in [0.2, 0.25) is 10.0 Å². The van der Waals surface area contributed by atoms with Crippen LogP contribution in [0.25, 0.3) is 0 Å². The fourth-order valence-corrected chi connectivity index (χ4v) is 4.06. The lowest BCUT2D eigenvalue weighted by Gasteiger charge is -2.38. The number of carboxylic acid groups (broad SMARTS) is 1. The smallest absolute Gasteiger partial charge is 0.310 e. The number of hydrogen-bond acceptors (Lipinski definition) is 3. The topological polar surface area (TPSA) is 83.5 Å². The quantitative estimate of drug-likeness (QED) is 0.797. The maximum absolute atomic E-state index is 12.4. The van der Waals surface area contributed by atoms with Gasteiger partial charge in [-0.2, -0.15) is 0 Å². The zero-order valence-corrected chi connectivity index (χ0v) is 15.2. The predicted octanol–water partition coefficient (Wildman–Crippen LogP) is 3.27. The molecule has 0 heterocycles. The summed E-state index contributed by atoms with van der Waals surface area (Å²) in [5, 5.41) is 9.32. The highest BCUT2D eigenvalue weighted by atomic mass is 79.9. The first-order valence-electron chi connectivity index (χ1n) is 6.04. The van der Waals surface area contributed by atoms with Crippen molar-refractivity contribution in [3.63, 3.8) is 0 Å². The number of benzene rings is 1. The summed E-state index contributed by atoms with van der Waals surface area (Å²) >= 11 is 9.15. The van der Waals surface area contributed by atoms with Crippen LogP contribution in [0.2, 0.25) is 5.02 Å². The predicted molar refractivity (Wildman–Crippen MR) is 85.0 cm³/mol. The van der Waals surface area contributed by atoms with E-state index in [-0.39, 0.29) is 9.92 Å². The normalized spacial score (nSPS) is 13.2. The van der Waals surface area contributed by atoms with Gasteiger partial charge in [0.15, 0.2) is 0 Å². The van der Waals surface area contributed by atoms with E-state index in [1.807, 2.05) is 0 Å². The SMILES string of the molecule is CC(C)(NS(=O)(=O)c1ccc(Br)cc1Cl)C(C)(C)C(=O)O. The molecule has 0 aliphatic carbocycles. The van der Waals surface area contributed by atoms with Gasteiger partial charge in [0.25, 0.3) is 0 Å². The average Bonchev–Trinajstić information content (AvgIpc) is 2.25. The third-order valence-corrected chi connectivity index (χ3v) is 6.30. The molecule has 0 aromatic heterocycles. The minimum absolute atomic E-state index is 0.0563. The van der Waals surface area contributed by atoms with Gasteiger partial charge in [-0.3, -0.25) is 4.79 Å². The van der Waals surface area contributed by atoms with Crippen molar-refractivity contribution < 1.29 is 18.3 Å². The van der Waals surface area contributed by atoms with E-state index in [1.165, 1.54) is 39.8 Å². The van der Waals surface area contributed by atoms with Crippen molar-refractivity contribution in [2.75, 3.05) is 0 Å². The molecule has 0 amide bonds. The summed E-state index contributed by atoms with van der Waals surface area (Å²) < 4.78 is 28.0. The summed E-state index contributed by atoms with van der Waals surface area (Å²) in [4.78, 5) is 11.2. The van der Waals surface area contributed by atoms with Gasteiger partial charge < -0.3 is 5.11 Å². The Morgan fingerprint density at radius 3 is 2.24 bits per heavy atom. The van der Waals surface area contributed by atoms with Crippen LogP contribution >= 0.6 is 27.5 Å². The van der Waals surface area contributed by atoms with Crippen LogP contribution in [0.15, 0.2) is 27.6 Å². The van der Waals surface area contributed by atoms with Gasteiger partial charge in [-0.05, 0) is 45.9 Å². The van der Waals surface area contributed by atoms with Gasteiger partial charge in [0.1, 0.15) is 4.90 Å². The monoisotopic (exact) mass is 397 g/mol. The van der Waals surface area contributed by atoms with E-state index in [2.05, 4.69) is 20.7 Å². The third kappa shape index (κ3) is 3.77. The van der Waals surface area contributed by atoms with Gasteiger partial charge in [-0.1, -0.05) is 27.5 Å². The minimum Gasteiger partial charge on any atom is -0.481 e. The lowest BCUT2D eigenvalue weighted by molar-refractivity contribution is -0.150. The molecule has 0 fully saturated rings. The van der Waals surface area contributed by atoms with E-state index in [4.69, 9.17) is 11.6 Å². The molecule has 0 radical (unpaired) electrons. The molecule has 0 aliphatic heterocycles. The minimum atomic E-state index is -3.95. The number of carboxylic acids is 1. The van der Waals surface area contributed by atoms with Crippen LogP contribution in [0, 0.1) is 5.41 Å².